The van der Waals surface area contributed by atoms with Crippen LogP contribution >= 0.6 is 0 Å². The van der Waals surface area contributed by atoms with Crippen LogP contribution in [0.5, 0.6) is 0 Å². The van der Waals surface area contributed by atoms with Gasteiger partial charge in [0.2, 0.25) is 5.91 Å². The first-order valence-corrected chi connectivity index (χ1v) is 13.5. The molecule has 192 valence electrons. The van der Waals surface area contributed by atoms with Gasteiger partial charge < -0.3 is 20.2 Å². The molecule has 3 aliphatic carbocycles. The van der Waals surface area contributed by atoms with E-state index in [4.69, 9.17) is 0 Å². The maximum atomic E-state index is 13.6. The predicted molar refractivity (Wildman–Crippen MR) is 136 cm³/mol. The molecule has 0 bridgehead atoms. The SMILES string of the molecule is CN(C)[C@]1(c2ccccc2)CC[C@]2(CC1)CN(CC(=O)NCC1(O)CCC1)C(=O)N2CC1CCC1. The Balaban J connectivity index is 1.31. The van der Waals surface area contributed by atoms with Gasteiger partial charge >= 0.3 is 6.03 Å². The van der Waals surface area contributed by atoms with Crippen LogP contribution in [0.1, 0.15) is 69.8 Å². The van der Waals surface area contributed by atoms with E-state index < -0.39 is 5.60 Å². The summed E-state index contributed by atoms with van der Waals surface area (Å²) in [6, 6.07) is 10.8. The third kappa shape index (κ3) is 4.57. The minimum absolute atomic E-state index is 0.0199. The number of hydrogen-bond donors (Lipinski definition) is 2. The third-order valence-electron chi connectivity index (χ3n) is 9.63. The number of rotatable bonds is 8. The van der Waals surface area contributed by atoms with E-state index in [1.54, 1.807) is 4.90 Å². The molecular weight excluding hydrogens is 440 g/mol. The zero-order valence-corrected chi connectivity index (χ0v) is 21.5. The van der Waals surface area contributed by atoms with Crippen molar-refractivity contribution in [3.05, 3.63) is 35.9 Å². The van der Waals surface area contributed by atoms with Gasteiger partial charge in [-0.25, -0.2) is 4.79 Å². The van der Waals surface area contributed by atoms with Crippen molar-refractivity contribution in [3.63, 3.8) is 0 Å². The largest absolute Gasteiger partial charge is 0.388 e. The van der Waals surface area contributed by atoms with E-state index in [0.29, 0.717) is 12.5 Å². The van der Waals surface area contributed by atoms with Crippen LogP contribution < -0.4 is 5.32 Å². The van der Waals surface area contributed by atoms with E-state index >= 15 is 0 Å². The molecule has 4 aliphatic rings. The van der Waals surface area contributed by atoms with Gasteiger partial charge in [0.05, 0.1) is 11.1 Å². The van der Waals surface area contributed by atoms with Gasteiger partial charge in [0.15, 0.2) is 0 Å². The maximum absolute atomic E-state index is 13.6. The van der Waals surface area contributed by atoms with Crippen LogP contribution in [0.3, 0.4) is 0 Å². The van der Waals surface area contributed by atoms with Gasteiger partial charge in [-0.2, -0.15) is 0 Å². The summed E-state index contributed by atoms with van der Waals surface area (Å²) in [4.78, 5) is 32.6. The molecule has 35 heavy (non-hydrogen) atoms. The smallest absolute Gasteiger partial charge is 0.321 e. The standard InChI is InChI=1S/C28H42N4O3/c1-30(2)28(23-10-4-3-5-11-23)16-14-26(15-17-28)21-31(25(34)32(26)18-22-8-6-9-22)19-24(33)29-20-27(35)12-7-13-27/h3-5,10-11,22,35H,6-9,12-21H2,1-2H3,(H,29,33)/t26-,28+. The molecule has 7 heteroatoms. The van der Waals surface area contributed by atoms with Crippen LogP contribution in [-0.2, 0) is 10.3 Å². The fourth-order valence-electron chi connectivity index (χ4n) is 6.76. The number of amides is 3. The summed E-state index contributed by atoms with van der Waals surface area (Å²) in [5.41, 5.74) is 0.368. The highest BCUT2D eigenvalue weighted by Crippen LogP contribution is 2.49. The Morgan fingerprint density at radius 3 is 2.29 bits per heavy atom. The Morgan fingerprint density at radius 2 is 1.74 bits per heavy atom. The lowest BCUT2D eigenvalue weighted by molar-refractivity contribution is -0.124. The molecule has 7 nitrogen and oxygen atoms in total. The summed E-state index contributed by atoms with van der Waals surface area (Å²) in [6.07, 6.45) is 10.0. The van der Waals surface area contributed by atoms with E-state index in [-0.39, 0.29) is 36.1 Å². The first-order valence-electron chi connectivity index (χ1n) is 13.5. The van der Waals surface area contributed by atoms with E-state index in [9.17, 15) is 14.7 Å². The summed E-state index contributed by atoms with van der Waals surface area (Å²) < 4.78 is 0. The van der Waals surface area contributed by atoms with Crippen LogP contribution in [0.4, 0.5) is 4.79 Å². The van der Waals surface area contributed by atoms with Crippen molar-refractivity contribution in [1.29, 1.82) is 0 Å². The summed E-state index contributed by atoms with van der Waals surface area (Å²) in [5.74, 6) is 0.425. The Morgan fingerprint density at radius 1 is 1.06 bits per heavy atom. The highest BCUT2D eigenvalue weighted by atomic mass is 16.3. The van der Waals surface area contributed by atoms with Crippen LogP contribution in [0, 0.1) is 5.92 Å². The molecule has 1 aliphatic heterocycles. The van der Waals surface area contributed by atoms with Crippen LogP contribution in [0.2, 0.25) is 0 Å². The van der Waals surface area contributed by atoms with Gasteiger partial charge in [0, 0.05) is 25.2 Å². The van der Waals surface area contributed by atoms with E-state index in [2.05, 4.69) is 59.5 Å². The molecule has 1 heterocycles. The topological polar surface area (TPSA) is 76.1 Å². The molecule has 0 unspecified atom stereocenters. The molecule has 0 atom stereocenters. The zero-order valence-electron chi connectivity index (χ0n) is 21.5. The second-order valence-corrected chi connectivity index (χ2v) is 11.9. The quantitative estimate of drug-likeness (QED) is 0.596. The molecule has 0 radical (unpaired) electrons. The van der Waals surface area contributed by atoms with Crippen LogP contribution in [0.25, 0.3) is 0 Å². The number of aliphatic hydroxyl groups is 1. The van der Waals surface area contributed by atoms with Crippen molar-refractivity contribution >= 4 is 11.9 Å². The normalized spacial score (nSPS) is 30.5. The molecule has 1 aromatic carbocycles. The van der Waals surface area contributed by atoms with Gasteiger partial charge in [0.25, 0.3) is 0 Å². The van der Waals surface area contributed by atoms with Gasteiger partial charge in [-0.05, 0) is 83.4 Å². The van der Waals surface area contributed by atoms with Gasteiger partial charge in [-0.15, -0.1) is 0 Å². The fourth-order valence-corrected chi connectivity index (χ4v) is 6.76. The first-order chi connectivity index (χ1) is 16.8. The number of hydrogen-bond acceptors (Lipinski definition) is 4. The molecule has 3 saturated carbocycles. The second kappa shape index (κ2) is 9.40. The minimum Gasteiger partial charge on any atom is -0.388 e. The lowest BCUT2D eigenvalue weighted by Gasteiger charge is -2.51. The predicted octanol–water partition coefficient (Wildman–Crippen LogP) is 3.33. The van der Waals surface area contributed by atoms with Crippen molar-refractivity contribution in [2.24, 2.45) is 5.92 Å². The van der Waals surface area contributed by atoms with Crippen LogP contribution in [-0.4, -0.2) is 83.2 Å². The summed E-state index contributed by atoms with van der Waals surface area (Å²) in [5, 5.41) is 13.2. The van der Waals surface area contributed by atoms with Crippen molar-refractivity contribution in [2.45, 2.75) is 80.9 Å². The Hall–Kier alpha value is -2.12. The highest BCUT2D eigenvalue weighted by Gasteiger charge is 2.55. The lowest BCUT2D eigenvalue weighted by atomic mass is 9.68. The minimum atomic E-state index is -0.752. The monoisotopic (exact) mass is 482 g/mol. The molecule has 1 aromatic rings. The Kier molecular flexibility index (Phi) is 6.60. The first kappa shape index (κ1) is 24.6. The van der Waals surface area contributed by atoms with Gasteiger partial charge in [0.1, 0.15) is 6.54 Å². The van der Waals surface area contributed by atoms with Gasteiger partial charge in [-0.1, -0.05) is 36.8 Å². The molecule has 0 aromatic heterocycles. The van der Waals surface area contributed by atoms with Gasteiger partial charge in [-0.3, -0.25) is 9.69 Å². The second-order valence-electron chi connectivity index (χ2n) is 11.9. The number of benzene rings is 1. The van der Waals surface area contributed by atoms with E-state index in [0.717, 1.165) is 51.5 Å². The van der Waals surface area contributed by atoms with Crippen molar-refractivity contribution in [1.82, 2.24) is 20.0 Å². The molecule has 3 amide bonds. The van der Waals surface area contributed by atoms with Crippen LogP contribution in [0.15, 0.2) is 30.3 Å². The Bertz CT molecular complexity index is 917. The number of carbonyl (C=O) groups excluding carboxylic acids is 2. The number of urea groups is 1. The summed E-state index contributed by atoms with van der Waals surface area (Å²) >= 11 is 0. The average molecular weight is 483 g/mol. The van der Waals surface area contributed by atoms with E-state index in [1.807, 2.05) is 0 Å². The molecule has 1 saturated heterocycles. The Labute approximate surface area is 209 Å². The molecular formula is C28H42N4O3. The third-order valence-corrected chi connectivity index (χ3v) is 9.63. The molecule has 5 rings (SSSR count). The molecule has 1 spiro atoms. The maximum Gasteiger partial charge on any atom is 0.321 e. The number of nitrogens with zero attached hydrogens (tertiary/aromatic N) is 3. The number of carbonyl (C=O) groups is 2. The molecule has 4 fully saturated rings. The number of nitrogens with one attached hydrogen (secondary N) is 1. The highest BCUT2D eigenvalue weighted by molar-refractivity contribution is 5.86. The summed E-state index contributed by atoms with van der Waals surface area (Å²) in [7, 11) is 4.34. The fraction of sp³-hybridized carbons (Fsp3) is 0.714. The summed E-state index contributed by atoms with van der Waals surface area (Å²) in [6.45, 7) is 1.80. The average Bonchev–Trinajstić information content (AvgIpc) is 3.04. The van der Waals surface area contributed by atoms with Crippen molar-refractivity contribution in [3.8, 4) is 0 Å². The zero-order chi connectivity index (χ0) is 24.7. The molecule has 2 N–H and O–H groups in total. The van der Waals surface area contributed by atoms with Crippen molar-refractivity contribution in [2.75, 3.05) is 40.3 Å². The lowest BCUT2D eigenvalue weighted by Crippen LogP contribution is -2.56. The van der Waals surface area contributed by atoms with E-state index in [1.165, 1.54) is 24.8 Å². The van der Waals surface area contributed by atoms with Crippen molar-refractivity contribution < 1.29 is 14.7 Å².